The third kappa shape index (κ3) is 3.29. The number of halogens is 1. The number of thiocarbonyl (C=S) groups is 1. The van der Waals surface area contributed by atoms with Crippen molar-refractivity contribution in [2.75, 3.05) is 5.32 Å². The summed E-state index contributed by atoms with van der Waals surface area (Å²) in [6.07, 6.45) is 0. The molecule has 0 bridgehead atoms. The number of anilines is 1. The van der Waals surface area contributed by atoms with Crippen LogP contribution in [0.1, 0.15) is 24.1 Å². The summed E-state index contributed by atoms with van der Waals surface area (Å²) in [5, 5.41) is 3.30. The minimum Gasteiger partial charge on any atom is -0.389 e. The summed E-state index contributed by atoms with van der Waals surface area (Å²) in [6, 6.07) is 14.5. The van der Waals surface area contributed by atoms with Gasteiger partial charge in [0, 0.05) is 17.3 Å². The van der Waals surface area contributed by atoms with Crippen LogP contribution >= 0.6 is 12.2 Å². The molecule has 2 rings (SSSR count). The van der Waals surface area contributed by atoms with Gasteiger partial charge in [-0.05, 0) is 30.7 Å². The maximum absolute atomic E-state index is 13.2. The first-order chi connectivity index (χ1) is 9.08. The smallest absolute Gasteiger partial charge is 0.124 e. The van der Waals surface area contributed by atoms with Crippen LogP contribution in [0.4, 0.5) is 10.1 Å². The lowest BCUT2D eigenvalue weighted by Crippen LogP contribution is -2.15. The van der Waals surface area contributed by atoms with Crippen LogP contribution in [0.2, 0.25) is 0 Å². The van der Waals surface area contributed by atoms with Gasteiger partial charge in [0.15, 0.2) is 0 Å². The van der Waals surface area contributed by atoms with Crippen LogP contribution in [-0.2, 0) is 0 Å². The standard InChI is InChI=1S/C15H15FN2S/c1-10(11-5-3-2-4-6-11)18-14-8-7-12(16)9-13(14)15(17)19/h2-10,18H,1H3,(H2,17,19). The molecule has 0 spiro atoms. The second kappa shape index (κ2) is 5.80. The summed E-state index contributed by atoms with van der Waals surface area (Å²) in [6.45, 7) is 2.03. The highest BCUT2D eigenvalue weighted by molar-refractivity contribution is 7.80. The van der Waals surface area contributed by atoms with E-state index >= 15 is 0 Å². The minimum atomic E-state index is -0.347. The van der Waals surface area contributed by atoms with Crippen LogP contribution < -0.4 is 11.1 Å². The fraction of sp³-hybridized carbons (Fsp3) is 0.133. The molecule has 2 aromatic carbocycles. The Kier molecular flexibility index (Phi) is 4.12. The Labute approximate surface area is 117 Å². The highest BCUT2D eigenvalue weighted by atomic mass is 32.1. The molecule has 4 heteroatoms. The van der Waals surface area contributed by atoms with Crippen molar-refractivity contribution < 1.29 is 4.39 Å². The molecule has 2 nitrogen and oxygen atoms in total. The quantitative estimate of drug-likeness (QED) is 0.836. The number of hydrogen-bond acceptors (Lipinski definition) is 2. The molecular formula is C15H15FN2S. The van der Waals surface area contributed by atoms with E-state index in [4.69, 9.17) is 18.0 Å². The Morgan fingerprint density at radius 2 is 1.89 bits per heavy atom. The summed E-state index contributed by atoms with van der Waals surface area (Å²) in [4.78, 5) is 0.183. The van der Waals surface area contributed by atoms with Gasteiger partial charge in [-0.25, -0.2) is 4.39 Å². The molecule has 0 saturated carbocycles. The first-order valence-corrected chi connectivity index (χ1v) is 6.39. The Hall–Kier alpha value is -1.94. The Balaban J connectivity index is 2.26. The zero-order chi connectivity index (χ0) is 13.8. The first kappa shape index (κ1) is 13.5. The predicted octanol–water partition coefficient (Wildman–Crippen LogP) is 3.63. The second-order valence-corrected chi connectivity index (χ2v) is 4.77. The molecule has 1 atom stereocenters. The number of nitrogens with one attached hydrogen (secondary N) is 1. The third-order valence-corrected chi connectivity index (χ3v) is 3.14. The fourth-order valence-electron chi connectivity index (χ4n) is 1.90. The average molecular weight is 274 g/mol. The maximum atomic E-state index is 13.2. The van der Waals surface area contributed by atoms with Gasteiger partial charge in [0.1, 0.15) is 10.8 Å². The second-order valence-electron chi connectivity index (χ2n) is 4.33. The van der Waals surface area contributed by atoms with E-state index in [0.717, 1.165) is 11.3 Å². The molecule has 0 radical (unpaired) electrons. The lowest BCUT2D eigenvalue weighted by Gasteiger charge is -2.18. The van der Waals surface area contributed by atoms with Gasteiger partial charge in [0.05, 0.1) is 0 Å². The van der Waals surface area contributed by atoms with Crippen LogP contribution in [0.5, 0.6) is 0 Å². The Morgan fingerprint density at radius 3 is 2.53 bits per heavy atom. The van der Waals surface area contributed by atoms with Crippen LogP contribution in [0.3, 0.4) is 0 Å². The molecule has 1 unspecified atom stereocenters. The van der Waals surface area contributed by atoms with Crippen LogP contribution in [0.25, 0.3) is 0 Å². The normalized spacial score (nSPS) is 11.9. The molecule has 3 N–H and O–H groups in total. The van der Waals surface area contributed by atoms with E-state index in [1.54, 1.807) is 6.07 Å². The lowest BCUT2D eigenvalue weighted by molar-refractivity contribution is 0.627. The van der Waals surface area contributed by atoms with Crippen molar-refractivity contribution in [3.05, 3.63) is 65.5 Å². The van der Waals surface area contributed by atoms with E-state index in [1.165, 1.54) is 12.1 Å². The summed E-state index contributed by atoms with van der Waals surface area (Å²) in [5.41, 5.74) is 8.03. The lowest BCUT2D eigenvalue weighted by atomic mass is 10.1. The van der Waals surface area contributed by atoms with Crippen molar-refractivity contribution in [3.63, 3.8) is 0 Å². The van der Waals surface area contributed by atoms with E-state index in [2.05, 4.69) is 5.32 Å². The van der Waals surface area contributed by atoms with Gasteiger partial charge in [-0.3, -0.25) is 0 Å². The molecule has 0 aromatic heterocycles. The number of benzene rings is 2. The van der Waals surface area contributed by atoms with Gasteiger partial charge in [-0.1, -0.05) is 42.5 Å². The highest BCUT2D eigenvalue weighted by Crippen LogP contribution is 2.23. The van der Waals surface area contributed by atoms with Crippen molar-refractivity contribution in [2.45, 2.75) is 13.0 Å². The fourth-order valence-corrected chi connectivity index (χ4v) is 2.07. The zero-order valence-corrected chi connectivity index (χ0v) is 11.4. The van der Waals surface area contributed by atoms with Gasteiger partial charge < -0.3 is 11.1 Å². The number of nitrogens with two attached hydrogens (primary N) is 1. The molecule has 98 valence electrons. The Bertz CT molecular complexity index is 584. The van der Waals surface area contributed by atoms with Gasteiger partial charge in [0.25, 0.3) is 0 Å². The maximum Gasteiger partial charge on any atom is 0.124 e. The van der Waals surface area contributed by atoms with Crippen molar-refractivity contribution >= 4 is 22.9 Å². The SMILES string of the molecule is CC(Nc1ccc(F)cc1C(N)=S)c1ccccc1. The zero-order valence-electron chi connectivity index (χ0n) is 10.6. The van der Waals surface area contributed by atoms with E-state index in [1.807, 2.05) is 37.3 Å². The minimum absolute atomic E-state index is 0.0831. The Morgan fingerprint density at radius 1 is 1.21 bits per heavy atom. The molecule has 0 aliphatic heterocycles. The molecule has 0 amide bonds. The van der Waals surface area contributed by atoms with E-state index in [-0.39, 0.29) is 16.8 Å². The predicted molar refractivity (Wildman–Crippen MR) is 80.8 cm³/mol. The monoisotopic (exact) mass is 274 g/mol. The molecule has 0 aliphatic rings. The summed E-state index contributed by atoms with van der Waals surface area (Å²) in [7, 11) is 0. The van der Waals surface area contributed by atoms with Gasteiger partial charge in [-0.2, -0.15) is 0 Å². The van der Waals surface area contributed by atoms with Gasteiger partial charge in [-0.15, -0.1) is 0 Å². The molecule has 19 heavy (non-hydrogen) atoms. The van der Waals surface area contributed by atoms with E-state index < -0.39 is 0 Å². The molecule has 0 aliphatic carbocycles. The summed E-state index contributed by atoms with van der Waals surface area (Å²) < 4.78 is 13.2. The van der Waals surface area contributed by atoms with E-state index in [9.17, 15) is 4.39 Å². The van der Waals surface area contributed by atoms with Crippen LogP contribution in [0.15, 0.2) is 48.5 Å². The molecular weight excluding hydrogens is 259 g/mol. The largest absolute Gasteiger partial charge is 0.389 e. The highest BCUT2D eigenvalue weighted by Gasteiger charge is 2.10. The number of hydrogen-bond donors (Lipinski definition) is 2. The van der Waals surface area contributed by atoms with Crippen LogP contribution in [0, 0.1) is 5.82 Å². The van der Waals surface area contributed by atoms with Crippen molar-refractivity contribution in [1.29, 1.82) is 0 Å². The van der Waals surface area contributed by atoms with Gasteiger partial charge in [0.2, 0.25) is 0 Å². The first-order valence-electron chi connectivity index (χ1n) is 5.99. The summed E-state index contributed by atoms with van der Waals surface area (Å²) >= 11 is 4.95. The molecule has 2 aromatic rings. The van der Waals surface area contributed by atoms with Crippen molar-refractivity contribution in [1.82, 2.24) is 0 Å². The van der Waals surface area contributed by atoms with Crippen molar-refractivity contribution in [3.8, 4) is 0 Å². The number of rotatable bonds is 4. The van der Waals surface area contributed by atoms with Crippen LogP contribution in [-0.4, -0.2) is 4.99 Å². The van der Waals surface area contributed by atoms with Gasteiger partial charge >= 0.3 is 0 Å². The molecule has 0 saturated heterocycles. The summed E-state index contributed by atoms with van der Waals surface area (Å²) in [5.74, 6) is -0.347. The third-order valence-electron chi connectivity index (χ3n) is 2.92. The van der Waals surface area contributed by atoms with E-state index in [0.29, 0.717) is 5.56 Å². The average Bonchev–Trinajstić information content (AvgIpc) is 2.41. The van der Waals surface area contributed by atoms with Crippen molar-refractivity contribution in [2.24, 2.45) is 5.73 Å². The molecule has 0 fully saturated rings. The topological polar surface area (TPSA) is 38.0 Å². The molecule has 0 heterocycles.